The van der Waals surface area contributed by atoms with E-state index in [2.05, 4.69) is 15.5 Å². The molecule has 26 heavy (non-hydrogen) atoms. The van der Waals surface area contributed by atoms with Gasteiger partial charge in [-0.05, 0) is 31.9 Å². The number of hydrogen-bond acceptors (Lipinski definition) is 5. The molecule has 1 aromatic carbocycles. The first-order chi connectivity index (χ1) is 12.5. The molecule has 1 saturated carbocycles. The van der Waals surface area contributed by atoms with Crippen LogP contribution in [0.15, 0.2) is 35.7 Å². The number of aliphatic carboxylic acids is 1. The lowest BCUT2D eigenvalue weighted by molar-refractivity contribution is -0.139. The van der Waals surface area contributed by atoms with Gasteiger partial charge in [0.2, 0.25) is 5.91 Å². The molecule has 138 valence electrons. The average Bonchev–Trinajstić information content (AvgIpc) is 3.23. The zero-order valence-corrected chi connectivity index (χ0v) is 15.5. The first-order valence-corrected chi connectivity index (χ1v) is 9.59. The number of hydrogen-bond donors (Lipinski definition) is 2. The molecule has 2 N–H and O–H groups in total. The van der Waals surface area contributed by atoms with Gasteiger partial charge in [-0.2, -0.15) is 0 Å². The number of aryl methyl sites for hydroxylation is 1. The molecule has 0 bridgehead atoms. The molecule has 1 aromatic heterocycles. The highest BCUT2D eigenvalue weighted by atomic mass is 32.2. The normalized spacial score (nSPS) is 15.7. The molecule has 7 nitrogen and oxygen atoms in total. The van der Waals surface area contributed by atoms with Crippen LogP contribution in [-0.4, -0.2) is 43.0 Å². The van der Waals surface area contributed by atoms with Crippen LogP contribution in [0, 0.1) is 6.92 Å². The lowest BCUT2D eigenvalue weighted by Gasteiger charge is -2.28. The fourth-order valence-corrected chi connectivity index (χ4v) is 4.08. The number of carboxylic acids is 1. The monoisotopic (exact) mass is 374 g/mol. The molecule has 0 unspecified atom stereocenters. The van der Waals surface area contributed by atoms with E-state index in [1.165, 1.54) is 11.8 Å². The van der Waals surface area contributed by atoms with Crippen molar-refractivity contribution in [2.45, 2.75) is 49.7 Å². The van der Waals surface area contributed by atoms with Crippen molar-refractivity contribution in [3.8, 4) is 5.69 Å². The van der Waals surface area contributed by atoms with Gasteiger partial charge in [0.15, 0.2) is 5.16 Å². The first kappa shape index (κ1) is 18.4. The van der Waals surface area contributed by atoms with Crippen LogP contribution < -0.4 is 5.32 Å². The Kier molecular flexibility index (Phi) is 5.61. The molecule has 0 atom stereocenters. The summed E-state index contributed by atoms with van der Waals surface area (Å²) in [6, 6.07) is 7.96. The highest BCUT2D eigenvalue weighted by Crippen LogP contribution is 2.33. The highest BCUT2D eigenvalue weighted by molar-refractivity contribution is 7.99. The third-order valence-electron chi connectivity index (χ3n) is 4.62. The van der Waals surface area contributed by atoms with Gasteiger partial charge in [0.25, 0.3) is 0 Å². The average molecular weight is 374 g/mol. The predicted octanol–water partition coefficient (Wildman–Crippen LogP) is 2.57. The van der Waals surface area contributed by atoms with E-state index in [0.29, 0.717) is 5.16 Å². The number of carboxylic acid groups (broad SMARTS) is 1. The summed E-state index contributed by atoms with van der Waals surface area (Å²) < 4.78 is 1.83. The molecule has 1 aliphatic carbocycles. The molecular formula is C18H22N4O3S. The lowest BCUT2D eigenvalue weighted by atomic mass is 9.93. The van der Waals surface area contributed by atoms with Gasteiger partial charge in [-0.25, -0.2) is 0 Å². The number of aromatic nitrogens is 3. The molecule has 1 aliphatic rings. The van der Waals surface area contributed by atoms with Gasteiger partial charge in [-0.1, -0.05) is 42.3 Å². The molecule has 8 heteroatoms. The van der Waals surface area contributed by atoms with Crippen LogP contribution in [0.2, 0.25) is 0 Å². The smallest absolute Gasteiger partial charge is 0.305 e. The second-order valence-corrected chi connectivity index (χ2v) is 7.66. The summed E-state index contributed by atoms with van der Waals surface area (Å²) in [4.78, 5) is 23.5. The molecule has 1 fully saturated rings. The summed E-state index contributed by atoms with van der Waals surface area (Å²) in [5.74, 6) is -0.873. The van der Waals surface area contributed by atoms with Gasteiger partial charge in [-0.15, -0.1) is 10.2 Å². The summed E-state index contributed by atoms with van der Waals surface area (Å²) >= 11 is 1.29. The molecule has 3 rings (SSSR count). The molecule has 2 aromatic rings. The van der Waals surface area contributed by atoms with E-state index in [4.69, 9.17) is 5.11 Å². The number of carbonyl (C=O) groups is 2. The Morgan fingerprint density at radius 1 is 1.27 bits per heavy atom. The van der Waals surface area contributed by atoms with Crippen LogP contribution in [0.3, 0.4) is 0 Å². The predicted molar refractivity (Wildman–Crippen MR) is 98.4 cm³/mol. The van der Waals surface area contributed by atoms with E-state index in [1.54, 1.807) is 6.33 Å². The number of carbonyl (C=O) groups excluding carboxylic acids is 1. The number of nitrogens with zero attached hydrogens (tertiary/aromatic N) is 3. The van der Waals surface area contributed by atoms with Crippen molar-refractivity contribution in [3.63, 3.8) is 0 Å². The summed E-state index contributed by atoms with van der Waals surface area (Å²) in [6.45, 7) is 2.02. The minimum Gasteiger partial charge on any atom is -0.481 e. The molecule has 1 heterocycles. The van der Waals surface area contributed by atoms with Crippen molar-refractivity contribution in [1.82, 2.24) is 20.1 Å². The zero-order valence-electron chi connectivity index (χ0n) is 14.6. The van der Waals surface area contributed by atoms with Crippen molar-refractivity contribution in [3.05, 3.63) is 36.2 Å². The quantitative estimate of drug-likeness (QED) is 0.723. The fraction of sp³-hybridized carbons (Fsp3) is 0.444. The summed E-state index contributed by atoms with van der Waals surface area (Å²) in [7, 11) is 0. The van der Waals surface area contributed by atoms with Gasteiger partial charge in [-0.3, -0.25) is 14.2 Å². The summed E-state index contributed by atoms with van der Waals surface area (Å²) in [6.07, 6.45) is 4.92. The standard InChI is InChI=1S/C18H22N4O3S/c1-13-4-6-14(7-5-13)22-12-19-21-17(22)26-11-15(23)20-18(10-16(24)25)8-2-3-9-18/h4-7,12H,2-3,8-11H2,1H3,(H,20,23)(H,24,25). The van der Waals surface area contributed by atoms with Gasteiger partial charge in [0, 0.05) is 5.69 Å². The Hall–Kier alpha value is -2.35. The molecule has 0 radical (unpaired) electrons. The second kappa shape index (κ2) is 7.90. The van der Waals surface area contributed by atoms with Crippen molar-refractivity contribution >= 4 is 23.6 Å². The Morgan fingerprint density at radius 3 is 2.62 bits per heavy atom. The second-order valence-electron chi connectivity index (χ2n) is 6.71. The number of amides is 1. The fourth-order valence-electron chi connectivity index (χ4n) is 3.35. The van der Waals surface area contributed by atoms with Crippen molar-refractivity contribution in [1.29, 1.82) is 0 Å². The van der Waals surface area contributed by atoms with Gasteiger partial charge in [0.1, 0.15) is 6.33 Å². The number of rotatable bonds is 7. The number of thioether (sulfide) groups is 1. The van der Waals surface area contributed by atoms with E-state index in [1.807, 2.05) is 35.8 Å². The highest BCUT2D eigenvalue weighted by Gasteiger charge is 2.37. The van der Waals surface area contributed by atoms with Crippen molar-refractivity contribution < 1.29 is 14.7 Å². The van der Waals surface area contributed by atoms with Crippen LogP contribution in [0.4, 0.5) is 0 Å². The number of benzene rings is 1. The minimum absolute atomic E-state index is 0.0248. The van der Waals surface area contributed by atoms with Crippen LogP contribution in [0.5, 0.6) is 0 Å². The van der Waals surface area contributed by atoms with Gasteiger partial charge < -0.3 is 10.4 Å². The molecular weight excluding hydrogens is 352 g/mol. The first-order valence-electron chi connectivity index (χ1n) is 8.60. The van der Waals surface area contributed by atoms with E-state index in [-0.39, 0.29) is 18.1 Å². The van der Waals surface area contributed by atoms with Crippen LogP contribution in [0.1, 0.15) is 37.7 Å². The Morgan fingerprint density at radius 2 is 1.96 bits per heavy atom. The van der Waals surface area contributed by atoms with Gasteiger partial charge >= 0.3 is 5.97 Å². The molecule has 0 saturated heterocycles. The Bertz CT molecular complexity index is 782. The number of nitrogens with one attached hydrogen (secondary N) is 1. The maximum absolute atomic E-state index is 12.4. The Labute approximate surface area is 156 Å². The van der Waals surface area contributed by atoms with Crippen LogP contribution in [-0.2, 0) is 9.59 Å². The molecule has 1 amide bonds. The van der Waals surface area contributed by atoms with E-state index >= 15 is 0 Å². The van der Waals surface area contributed by atoms with Crippen molar-refractivity contribution in [2.24, 2.45) is 0 Å². The summed E-state index contributed by atoms with van der Waals surface area (Å²) in [5, 5.41) is 20.7. The lowest BCUT2D eigenvalue weighted by Crippen LogP contribution is -2.48. The SMILES string of the molecule is Cc1ccc(-n2cnnc2SCC(=O)NC2(CC(=O)O)CCCC2)cc1. The molecule has 0 spiro atoms. The van der Waals surface area contributed by atoms with Crippen molar-refractivity contribution in [2.75, 3.05) is 5.75 Å². The maximum Gasteiger partial charge on any atom is 0.305 e. The van der Waals surface area contributed by atoms with E-state index < -0.39 is 11.5 Å². The van der Waals surface area contributed by atoms with Crippen LogP contribution in [0.25, 0.3) is 5.69 Å². The summed E-state index contributed by atoms with van der Waals surface area (Å²) in [5.41, 5.74) is 1.49. The van der Waals surface area contributed by atoms with E-state index in [9.17, 15) is 9.59 Å². The maximum atomic E-state index is 12.4. The van der Waals surface area contributed by atoms with E-state index in [0.717, 1.165) is 36.9 Å². The largest absolute Gasteiger partial charge is 0.481 e. The zero-order chi connectivity index (χ0) is 18.6. The van der Waals surface area contributed by atoms with Gasteiger partial charge in [0.05, 0.1) is 17.7 Å². The van der Waals surface area contributed by atoms with Crippen LogP contribution >= 0.6 is 11.8 Å². The third-order valence-corrected chi connectivity index (χ3v) is 5.56. The third kappa shape index (κ3) is 4.43. The molecule has 0 aliphatic heterocycles. The Balaban J connectivity index is 1.62. The topological polar surface area (TPSA) is 97.1 Å². The minimum atomic E-state index is -0.876.